The van der Waals surface area contributed by atoms with Gasteiger partial charge in [-0.05, 0) is 18.6 Å². The van der Waals surface area contributed by atoms with Gasteiger partial charge in [0.15, 0.2) is 6.10 Å². The minimum atomic E-state index is -1.71. The number of rotatable bonds is 3. The fraction of sp³-hybridized carbons (Fsp3) is 0.286. The molecule has 2 aromatic rings. The molecule has 6 heteroatoms. The zero-order valence-electron chi connectivity index (χ0n) is 11.0. The third kappa shape index (κ3) is 2.60. The number of aliphatic hydroxyl groups is 2. The zero-order chi connectivity index (χ0) is 14.9. The van der Waals surface area contributed by atoms with Crippen molar-refractivity contribution in [1.29, 1.82) is 0 Å². The number of aliphatic hydroxyl groups excluding tert-OH is 2. The largest absolute Gasteiger partial charge is 0.467 e. The van der Waals surface area contributed by atoms with Crippen LogP contribution in [0, 0.1) is 6.92 Å². The van der Waals surface area contributed by atoms with Crippen LogP contribution in [0.3, 0.4) is 0 Å². The summed E-state index contributed by atoms with van der Waals surface area (Å²) >= 11 is 6.03. The van der Waals surface area contributed by atoms with Gasteiger partial charge in [0.2, 0.25) is 0 Å². The molecule has 1 heterocycles. The first kappa shape index (κ1) is 14.7. The molecular formula is C14H14ClNO4. The van der Waals surface area contributed by atoms with Gasteiger partial charge in [-0.1, -0.05) is 29.8 Å². The summed E-state index contributed by atoms with van der Waals surface area (Å²) in [7, 11) is 1.13. The molecule has 0 aliphatic rings. The zero-order valence-corrected chi connectivity index (χ0v) is 11.8. The topological polar surface area (TPSA) is 79.7 Å². The van der Waals surface area contributed by atoms with Gasteiger partial charge in [0.1, 0.15) is 11.3 Å². The monoisotopic (exact) mass is 295 g/mol. The fourth-order valence-corrected chi connectivity index (χ4v) is 2.22. The Balaban J connectivity index is 2.49. The van der Waals surface area contributed by atoms with E-state index < -0.39 is 18.2 Å². The molecule has 0 saturated carbocycles. The summed E-state index contributed by atoms with van der Waals surface area (Å²) in [6.45, 7) is 1.89. The molecule has 0 aliphatic carbocycles. The van der Waals surface area contributed by atoms with E-state index in [2.05, 4.69) is 9.72 Å². The van der Waals surface area contributed by atoms with Crippen molar-refractivity contribution in [1.82, 2.24) is 4.98 Å². The molecule has 2 N–H and O–H groups in total. The highest BCUT2D eigenvalue weighted by molar-refractivity contribution is 6.30. The standard InChI is InChI=1S/C14H14ClNO4/c1-7-4-3-5-8-6-9(13(15)16-10(7)8)11(17)12(18)14(19)20-2/h3-6,11-12,17-18H,1-2H3. The lowest BCUT2D eigenvalue weighted by molar-refractivity contribution is -0.156. The second kappa shape index (κ2) is 5.75. The Bertz CT molecular complexity index is 659. The molecule has 2 rings (SSSR count). The number of aromatic nitrogens is 1. The Morgan fingerprint density at radius 2 is 2.10 bits per heavy atom. The van der Waals surface area contributed by atoms with Gasteiger partial charge in [0.05, 0.1) is 12.6 Å². The number of pyridine rings is 1. The highest BCUT2D eigenvalue weighted by atomic mass is 35.5. The summed E-state index contributed by atoms with van der Waals surface area (Å²) in [5.74, 6) is -0.932. The van der Waals surface area contributed by atoms with Crippen LogP contribution in [0.1, 0.15) is 17.2 Å². The molecular weight excluding hydrogens is 282 g/mol. The van der Waals surface area contributed by atoms with E-state index in [1.807, 2.05) is 25.1 Å². The summed E-state index contributed by atoms with van der Waals surface area (Å²) in [6.07, 6.45) is -3.20. The average molecular weight is 296 g/mol. The Morgan fingerprint density at radius 1 is 1.40 bits per heavy atom. The van der Waals surface area contributed by atoms with E-state index in [4.69, 9.17) is 11.6 Å². The van der Waals surface area contributed by atoms with Crippen LogP contribution in [-0.2, 0) is 9.53 Å². The van der Waals surface area contributed by atoms with Gasteiger partial charge in [-0.15, -0.1) is 0 Å². The van der Waals surface area contributed by atoms with Crippen LogP contribution in [0.25, 0.3) is 10.9 Å². The number of aryl methyl sites for hydroxylation is 1. The van der Waals surface area contributed by atoms with Crippen LogP contribution < -0.4 is 0 Å². The number of carbonyl (C=O) groups excluding carboxylic acids is 1. The van der Waals surface area contributed by atoms with E-state index in [1.165, 1.54) is 0 Å². The van der Waals surface area contributed by atoms with E-state index in [-0.39, 0.29) is 10.7 Å². The van der Waals surface area contributed by atoms with E-state index in [9.17, 15) is 15.0 Å². The second-order valence-corrected chi connectivity index (χ2v) is 4.79. The number of ether oxygens (including phenoxy) is 1. The number of esters is 1. The summed E-state index contributed by atoms with van der Waals surface area (Å²) in [5.41, 5.74) is 1.84. The van der Waals surface area contributed by atoms with Crippen molar-refractivity contribution in [2.75, 3.05) is 7.11 Å². The van der Waals surface area contributed by atoms with Crippen molar-refractivity contribution in [3.63, 3.8) is 0 Å². The lowest BCUT2D eigenvalue weighted by Gasteiger charge is -2.17. The van der Waals surface area contributed by atoms with Crippen molar-refractivity contribution in [3.8, 4) is 0 Å². The Hall–Kier alpha value is -1.69. The van der Waals surface area contributed by atoms with Gasteiger partial charge in [-0.2, -0.15) is 0 Å². The number of fused-ring (bicyclic) bond motifs is 1. The van der Waals surface area contributed by atoms with Gasteiger partial charge in [-0.25, -0.2) is 9.78 Å². The van der Waals surface area contributed by atoms with Crippen LogP contribution in [0.2, 0.25) is 5.15 Å². The van der Waals surface area contributed by atoms with Crippen molar-refractivity contribution in [2.45, 2.75) is 19.1 Å². The third-order valence-electron chi connectivity index (χ3n) is 3.09. The fourth-order valence-electron chi connectivity index (χ4n) is 1.97. The van der Waals surface area contributed by atoms with Crippen molar-refractivity contribution in [2.24, 2.45) is 0 Å². The minimum absolute atomic E-state index is 0.0438. The summed E-state index contributed by atoms with van der Waals surface area (Å²) in [5, 5.41) is 20.5. The van der Waals surface area contributed by atoms with Crippen LogP contribution in [0.5, 0.6) is 0 Å². The average Bonchev–Trinajstić information content (AvgIpc) is 2.45. The van der Waals surface area contributed by atoms with Crippen LogP contribution in [-0.4, -0.2) is 34.4 Å². The molecule has 2 unspecified atom stereocenters. The molecule has 20 heavy (non-hydrogen) atoms. The molecule has 0 saturated heterocycles. The van der Waals surface area contributed by atoms with Gasteiger partial charge >= 0.3 is 5.97 Å². The molecule has 0 aliphatic heterocycles. The SMILES string of the molecule is COC(=O)C(O)C(O)c1cc2cccc(C)c2nc1Cl. The predicted molar refractivity (Wildman–Crippen MR) is 74.5 cm³/mol. The van der Waals surface area contributed by atoms with Crippen LogP contribution in [0.15, 0.2) is 24.3 Å². The quantitative estimate of drug-likeness (QED) is 0.666. The number of nitrogens with zero attached hydrogens (tertiary/aromatic N) is 1. The van der Waals surface area contributed by atoms with Crippen molar-refractivity contribution in [3.05, 3.63) is 40.5 Å². The normalized spacial score (nSPS) is 14.1. The second-order valence-electron chi connectivity index (χ2n) is 4.43. The maximum atomic E-state index is 11.3. The van der Waals surface area contributed by atoms with Crippen LogP contribution in [0.4, 0.5) is 0 Å². The lowest BCUT2D eigenvalue weighted by atomic mass is 10.0. The minimum Gasteiger partial charge on any atom is -0.467 e. The van der Waals surface area contributed by atoms with Crippen molar-refractivity contribution < 1.29 is 19.7 Å². The molecule has 0 fully saturated rings. The van der Waals surface area contributed by atoms with Gasteiger partial charge < -0.3 is 14.9 Å². The summed E-state index contributed by atoms with van der Waals surface area (Å²) < 4.78 is 4.39. The lowest BCUT2D eigenvalue weighted by Crippen LogP contribution is -2.29. The van der Waals surface area contributed by atoms with Gasteiger partial charge in [0, 0.05) is 10.9 Å². The molecule has 0 spiro atoms. The Kier molecular flexibility index (Phi) is 4.23. The number of hydrogen-bond acceptors (Lipinski definition) is 5. The first-order valence-electron chi connectivity index (χ1n) is 5.95. The molecule has 0 bridgehead atoms. The first-order valence-corrected chi connectivity index (χ1v) is 6.33. The molecule has 0 amide bonds. The van der Waals surface area contributed by atoms with Gasteiger partial charge in [0.25, 0.3) is 0 Å². The summed E-state index contributed by atoms with van der Waals surface area (Å²) in [6, 6.07) is 7.16. The number of carbonyl (C=O) groups is 1. The number of benzene rings is 1. The molecule has 5 nitrogen and oxygen atoms in total. The smallest absolute Gasteiger partial charge is 0.337 e. The first-order chi connectivity index (χ1) is 9.45. The summed E-state index contributed by atoms with van der Waals surface area (Å²) in [4.78, 5) is 15.5. The molecule has 2 atom stereocenters. The molecule has 1 aromatic carbocycles. The van der Waals surface area contributed by atoms with E-state index in [1.54, 1.807) is 6.07 Å². The van der Waals surface area contributed by atoms with E-state index in [0.29, 0.717) is 5.52 Å². The van der Waals surface area contributed by atoms with E-state index in [0.717, 1.165) is 18.1 Å². The Labute approximate surface area is 120 Å². The predicted octanol–water partition coefficient (Wildman–Crippen LogP) is 1.76. The number of para-hydroxylation sites is 1. The van der Waals surface area contributed by atoms with E-state index >= 15 is 0 Å². The highest BCUT2D eigenvalue weighted by Gasteiger charge is 2.28. The maximum Gasteiger partial charge on any atom is 0.337 e. The number of hydrogen-bond donors (Lipinski definition) is 2. The Morgan fingerprint density at radius 3 is 2.75 bits per heavy atom. The highest BCUT2D eigenvalue weighted by Crippen LogP contribution is 2.29. The number of methoxy groups -OCH3 is 1. The molecule has 106 valence electrons. The molecule has 1 aromatic heterocycles. The molecule has 0 radical (unpaired) electrons. The van der Waals surface area contributed by atoms with Crippen LogP contribution >= 0.6 is 11.6 Å². The third-order valence-corrected chi connectivity index (χ3v) is 3.39. The van der Waals surface area contributed by atoms with Gasteiger partial charge in [-0.3, -0.25) is 0 Å². The van der Waals surface area contributed by atoms with Crippen molar-refractivity contribution >= 4 is 28.5 Å². The maximum absolute atomic E-state index is 11.3. The number of halogens is 1.